The molecule has 0 aromatic rings. The van der Waals surface area contributed by atoms with Crippen LogP contribution in [0.1, 0.15) is 12.8 Å². The first-order valence-corrected chi connectivity index (χ1v) is 5.59. The van der Waals surface area contributed by atoms with Gasteiger partial charge >= 0.3 is 0 Å². The number of nitrogens with zero attached hydrogens (tertiary/aromatic N) is 2. The fourth-order valence-electron chi connectivity index (χ4n) is 1.81. The molecule has 1 rings (SSSR count). The first kappa shape index (κ1) is 12.4. The van der Waals surface area contributed by atoms with E-state index in [-0.39, 0.29) is 6.04 Å². The number of hydrogen-bond donors (Lipinski definition) is 1. The van der Waals surface area contributed by atoms with Gasteiger partial charge in [-0.15, -0.1) is 0 Å². The van der Waals surface area contributed by atoms with Gasteiger partial charge < -0.3 is 15.0 Å². The van der Waals surface area contributed by atoms with Crippen LogP contribution >= 0.6 is 0 Å². The normalized spacial score (nSPS) is 20.1. The fraction of sp³-hybridized carbons (Fsp3) is 0.909. The molecule has 0 aromatic carbocycles. The molecule has 1 aliphatic heterocycles. The summed E-state index contributed by atoms with van der Waals surface area (Å²) in [6.07, 6.45) is 2.01. The average molecular weight is 211 g/mol. The molecule has 4 heteroatoms. The van der Waals surface area contributed by atoms with Crippen molar-refractivity contribution in [3.05, 3.63) is 0 Å². The monoisotopic (exact) mass is 211 g/mol. The van der Waals surface area contributed by atoms with Gasteiger partial charge in [-0.1, -0.05) is 0 Å². The van der Waals surface area contributed by atoms with Gasteiger partial charge in [-0.25, -0.2) is 0 Å². The Labute approximate surface area is 92.2 Å². The first-order valence-electron chi connectivity index (χ1n) is 5.59. The van der Waals surface area contributed by atoms with Gasteiger partial charge in [0.05, 0.1) is 12.1 Å². The molecule has 0 aromatic heterocycles. The van der Waals surface area contributed by atoms with Crippen LogP contribution in [0.25, 0.3) is 0 Å². The summed E-state index contributed by atoms with van der Waals surface area (Å²) in [5.41, 5.74) is 0. The molecular weight excluding hydrogens is 190 g/mol. The second-order valence-electron chi connectivity index (χ2n) is 4.31. The Balaban J connectivity index is 2.25. The highest BCUT2D eigenvalue weighted by molar-refractivity contribution is 4.95. The van der Waals surface area contributed by atoms with Crippen LogP contribution in [0.3, 0.4) is 0 Å². The first-order chi connectivity index (χ1) is 7.24. The lowest BCUT2D eigenvalue weighted by atomic mass is 9.92. The molecule has 0 radical (unpaired) electrons. The Morgan fingerprint density at radius 3 is 2.67 bits per heavy atom. The lowest BCUT2D eigenvalue weighted by Gasteiger charge is -2.27. The molecule has 0 saturated carbocycles. The third-order valence-electron chi connectivity index (χ3n) is 2.80. The van der Waals surface area contributed by atoms with Gasteiger partial charge in [-0.05, 0) is 32.9 Å². The summed E-state index contributed by atoms with van der Waals surface area (Å²) in [6, 6.07) is 2.35. The predicted octanol–water partition coefficient (Wildman–Crippen LogP) is 0.456. The maximum Gasteiger partial charge on any atom is 0.0983 e. The van der Waals surface area contributed by atoms with Gasteiger partial charge in [0, 0.05) is 26.3 Å². The van der Waals surface area contributed by atoms with Crippen molar-refractivity contribution in [3.8, 4) is 6.07 Å². The zero-order valence-corrected chi connectivity index (χ0v) is 9.70. The molecular formula is C11H21N3O. The molecule has 1 fully saturated rings. The Bertz CT molecular complexity index is 206. The highest BCUT2D eigenvalue weighted by atomic mass is 16.5. The summed E-state index contributed by atoms with van der Waals surface area (Å²) in [6.45, 7) is 3.46. The van der Waals surface area contributed by atoms with Gasteiger partial charge in [0.1, 0.15) is 0 Å². The zero-order valence-electron chi connectivity index (χ0n) is 9.70. The Kier molecular flexibility index (Phi) is 5.62. The molecule has 0 amide bonds. The number of rotatable bonds is 5. The van der Waals surface area contributed by atoms with Gasteiger partial charge in [0.2, 0.25) is 0 Å². The van der Waals surface area contributed by atoms with Gasteiger partial charge in [0.25, 0.3) is 0 Å². The number of nitrogens with one attached hydrogen (secondary N) is 1. The highest BCUT2D eigenvalue weighted by Gasteiger charge is 2.23. The van der Waals surface area contributed by atoms with Crippen LogP contribution in [0, 0.1) is 17.2 Å². The van der Waals surface area contributed by atoms with Crippen LogP contribution in [-0.2, 0) is 4.74 Å². The van der Waals surface area contributed by atoms with E-state index in [0.717, 1.165) is 39.1 Å². The van der Waals surface area contributed by atoms with E-state index >= 15 is 0 Å². The van der Waals surface area contributed by atoms with Crippen molar-refractivity contribution in [1.29, 1.82) is 5.26 Å². The lowest BCUT2D eigenvalue weighted by molar-refractivity contribution is 0.0598. The third kappa shape index (κ3) is 4.61. The molecule has 0 spiro atoms. The number of nitriles is 1. The molecule has 15 heavy (non-hydrogen) atoms. The Hall–Kier alpha value is -0.630. The van der Waals surface area contributed by atoms with E-state index in [1.807, 2.05) is 14.1 Å². The number of hydrogen-bond acceptors (Lipinski definition) is 4. The topological polar surface area (TPSA) is 48.3 Å². The van der Waals surface area contributed by atoms with Crippen molar-refractivity contribution in [2.45, 2.75) is 18.9 Å². The smallest absolute Gasteiger partial charge is 0.0983 e. The number of likely N-dealkylation sites (N-methyl/N-ethyl adjacent to an activating group) is 1. The van der Waals surface area contributed by atoms with Crippen LogP contribution in [0.5, 0.6) is 0 Å². The fourth-order valence-corrected chi connectivity index (χ4v) is 1.81. The Morgan fingerprint density at radius 1 is 1.47 bits per heavy atom. The van der Waals surface area contributed by atoms with E-state index in [9.17, 15) is 0 Å². The van der Waals surface area contributed by atoms with Gasteiger partial charge in [0.15, 0.2) is 0 Å². The molecule has 1 atom stereocenters. The molecule has 86 valence electrons. The summed E-state index contributed by atoms with van der Waals surface area (Å²) in [5.74, 6) is 0.464. The average Bonchev–Trinajstić information content (AvgIpc) is 2.25. The van der Waals surface area contributed by atoms with Crippen molar-refractivity contribution in [2.24, 2.45) is 5.92 Å². The maximum atomic E-state index is 9.08. The molecule has 1 saturated heterocycles. The molecule has 4 nitrogen and oxygen atoms in total. The third-order valence-corrected chi connectivity index (χ3v) is 2.80. The highest BCUT2D eigenvalue weighted by Crippen LogP contribution is 2.18. The summed E-state index contributed by atoms with van der Waals surface area (Å²) < 4.78 is 5.29. The quantitative estimate of drug-likeness (QED) is 0.717. The molecule has 1 N–H and O–H groups in total. The zero-order chi connectivity index (χ0) is 11.1. The van der Waals surface area contributed by atoms with Crippen molar-refractivity contribution >= 4 is 0 Å². The standard InChI is InChI=1S/C11H21N3O/c1-14(2)6-5-13-11(9-12)10-3-7-15-8-4-10/h10-11,13H,3-8H2,1-2H3. The molecule has 0 aliphatic carbocycles. The van der Waals surface area contributed by atoms with E-state index in [1.54, 1.807) is 0 Å². The number of ether oxygens (including phenoxy) is 1. The van der Waals surface area contributed by atoms with Crippen LogP contribution in [-0.4, -0.2) is 51.3 Å². The lowest BCUT2D eigenvalue weighted by Crippen LogP contribution is -2.40. The van der Waals surface area contributed by atoms with Crippen molar-refractivity contribution in [1.82, 2.24) is 10.2 Å². The van der Waals surface area contributed by atoms with Crippen LogP contribution in [0.2, 0.25) is 0 Å². The second kappa shape index (κ2) is 6.78. The minimum atomic E-state index is -0.00569. The minimum absolute atomic E-state index is 0.00569. The SMILES string of the molecule is CN(C)CCNC(C#N)C1CCOCC1. The van der Waals surface area contributed by atoms with Gasteiger partial charge in [-0.3, -0.25) is 0 Å². The summed E-state index contributed by atoms with van der Waals surface area (Å²) in [7, 11) is 4.08. The minimum Gasteiger partial charge on any atom is -0.381 e. The van der Waals surface area contributed by atoms with Crippen molar-refractivity contribution in [3.63, 3.8) is 0 Å². The van der Waals surface area contributed by atoms with E-state index in [0.29, 0.717) is 5.92 Å². The predicted molar refractivity (Wildman–Crippen MR) is 59.5 cm³/mol. The molecule has 1 aliphatic rings. The summed E-state index contributed by atoms with van der Waals surface area (Å²) >= 11 is 0. The van der Waals surface area contributed by atoms with E-state index in [1.165, 1.54) is 0 Å². The second-order valence-corrected chi connectivity index (χ2v) is 4.31. The summed E-state index contributed by atoms with van der Waals surface area (Å²) in [4.78, 5) is 2.12. The maximum absolute atomic E-state index is 9.08. The van der Waals surface area contributed by atoms with Gasteiger partial charge in [-0.2, -0.15) is 5.26 Å². The van der Waals surface area contributed by atoms with Crippen LogP contribution in [0.15, 0.2) is 0 Å². The molecule has 1 unspecified atom stereocenters. The Morgan fingerprint density at radius 2 is 2.13 bits per heavy atom. The molecule has 0 bridgehead atoms. The van der Waals surface area contributed by atoms with E-state index in [4.69, 9.17) is 10.00 Å². The van der Waals surface area contributed by atoms with E-state index < -0.39 is 0 Å². The summed E-state index contributed by atoms with van der Waals surface area (Å²) in [5, 5.41) is 12.4. The molecule has 1 heterocycles. The largest absolute Gasteiger partial charge is 0.381 e. The van der Waals surface area contributed by atoms with E-state index in [2.05, 4.69) is 16.3 Å². The van der Waals surface area contributed by atoms with Crippen molar-refractivity contribution < 1.29 is 4.74 Å². The van der Waals surface area contributed by atoms with Crippen LogP contribution < -0.4 is 5.32 Å². The van der Waals surface area contributed by atoms with Crippen molar-refractivity contribution in [2.75, 3.05) is 40.4 Å². The van der Waals surface area contributed by atoms with Crippen LogP contribution in [0.4, 0.5) is 0 Å².